The Kier molecular flexibility index (Phi) is 4.18. The van der Waals surface area contributed by atoms with E-state index >= 15 is 0 Å². The van der Waals surface area contributed by atoms with Crippen molar-refractivity contribution in [1.29, 1.82) is 0 Å². The summed E-state index contributed by atoms with van der Waals surface area (Å²) >= 11 is 0. The van der Waals surface area contributed by atoms with Crippen LogP contribution in [0.3, 0.4) is 0 Å². The Labute approximate surface area is 93.6 Å². The van der Waals surface area contributed by atoms with Crippen LogP contribution in [0.2, 0.25) is 0 Å². The van der Waals surface area contributed by atoms with Gasteiger partial charge in [-0.15, -0.1) is 0 Å². The number of sulfone groups is 1. The van der Waals surface area contributed by atoms with Crippen molar-refractivity contribution in [3.63, 3.8) is 0 Å². The van der Waals surface area contributed by atoms with Crippen LogP contribution < -0.4 is 5.32 Å². The Morgan fingerprint density at radius 2 is 1.87 bits per heavy atom. The van der Waals surface area contributed by atoms with E-state index in [0.717, 1.165) is 19.3 Å². The second kappa shape index (κ2) is 4.83. The highest BCUT2D eigenvalue weighted by Gasteiger charge is 2.36. The molecule has 0 aliphatic heterocycles. The van der Waals surface area contributed by atoms with Gasteiger partial charge >= 0.3 is 0 Å². The predicted octanol–water partition coefficient (Wildman–Crippen LogP) is 1.44. The quantitative estimate of drug-likeness (QED) is 0.802. The van der Waals surface area contributed by atoms with E-state index in [4.69, 9.17) is 0 Å². The van der Waals surface area contributed by atoms with Crippen LogP contribution in [0.5, 0.6) is 0 Å². The zero-order valence-corrected chi connectivity index (χ0v) is 11.0. The van der Waals surface area contributed by atoms with Gasteiger partial charge in [0.05, 0.1) is 5.25 Å². The summed E-state index contributed by atoms with van der Waals surface area (Å²) in [5.74, 6) is 1.32. The van der Waals surface area contributed by atoms with Gasteiger partial charge < -0.3 is 5.32 Å². The van der Waals surface area contributed by atoms with Crippen LogP contribution in [-0.2, 0) is 9.84 Å². The van der Waals surface area contributed by atoms with E-state index in [1.165, 1.54) is 6.26 Å². The average Bonchev–Trinajstić information content (AvgIpc) is 2.15. The monoisotopic (exact) mass is 233 g/mol. The molecule has 1 aliphatic rings. The SMILES string of the molecule is CNC1CC(C(C)C)CCC1S(C)(=O)=O. The fourth-order valence-corrected chi connectivity index (χ4v) is 4.01. The molecule has 0 aromatic heterocycles. The van der Waals surface area contributed by atoms with E-state index in [1.807, 2.05) is 7.05 Å². The second-order valence-electron chi connectivity index (χ2n) is 5.08. The molecule has 0 radical (unpaired) electrons. The molecule has 1 N–H and O–H groups in total. The molecule has 4 heteroatoms. The highest BCUT2D eigenvalue weighted by Crippen LogP contribution is 2.32. The number of hydrogen-bond donors (Lipinski definition) is 1. The van der Waals surface area contributed by atoms with Crippen molar-refractivity contribution < 1.29 is 8.42 Å². The molecular formula is C11H23NO2S. The highest BCUT2D eigenvalue weighted by molar-refractivity contribution is 7.91. The summed E-state index contributed by atoms with van der Waals surface area (Å²) < 4.78 is 23.2. The summed E-state index contributed by atoms with van der Waals surface area (Å²) in [5.41, 5.74) is 0. The maximum atomic E-state index is 11.6. The van der Waals surface area contributed by atoms with Crippen LogP contribution in [0.4, 0.5) is 0 Å². The molecule has 0 heterocycles. The summed E-state index contributed by atoms with van der Waals surface area (Å²) in [7, 11) is -1.03. The van der Waals surface area contributed by atoms with Gasteiger partial charge in [-0.25, -0.2) is 8.42 Å². The summed E-state index contributed by atoms with van der Waals surface area (Å²) in [6, 6.07) is 0.140. The van der Waals surface area contributed by atoms with Gasteiger partial charge in [0.15, 0.2) is 9.84 Å². The van der Waals surface area contributed by atoms with Crippen LogP contribution in [0.15, 0.2) is 0 Å². The van der Waals surface area contributed by atoms with Gasteiger partial charge in [0.25, 0.3) is 0 Å². The van der Waals surface area contributed by atoms with Gasteiger partial charge in [-0.3, -0.25) is 0 Å². The Hall–Kier alpha value is -0.0900. The van der Waals surface area contributed by atoms with Crippen molar-refractivity contribution >= 4 is 9.84 Å². The van der Waals surface area contributed by atoms with Crippen molar-refractivity contribution in [3.8, 4) is 0 Å². The largest absolute Gasteiger partial charge is 0.316 e. The predicted molar refractivity (Wildman–Crippen MR) is 63.7 cm³/mol. The topological polar surface area (TPSA) is 46.2 Å². The van der Waals surface area contributed by atoms with E-state index in [-0.39, 0.29) is 11.3 Å². The van der Waals surface area contributed by atoms with Gasteiger partial charge in [-0.05, 0) is 38.1 Å². The highest BCUT2D eigenvalue weighted by atomic mass is 32.2. The van der Waals surface area contributed by atoms with Crippen molar-refractivity contribution in [1.82, 2.24) is 5.32 Å². The maximum Gasteiger partial charge on any atom is 0.151 e. The normalized spacial score (nSPS) is 33.3. The molecule has 3 nitrogen and oxygen atoms in total. The number of hydrogen-bond acceptors (Lipinski definition) is 3. The van der Waals surface area contributed by atoms with Crippen molar-refractivity contribution in [2.45, 2.75) is 44.4 Å². The molecule has 3 unspecified atom stereocenters. The van der Waals surface area contributed by atoms with Crippen molar-refractivity contribution in [2.75, 3.05) is 13.3 Å². The first-order chi connectivity index (χ1) is 6.86. The Morgan fingerprint density at radius 1 is 1.27 bits per heavy atom. The first kappa shape index (κ1) is 13.0. The molecule has 0 amide bonds. The zero-order chi connectivity index (χ0) is 11.6. The first-order valence-electron chi connectivity index (χ1n) is 5.72. The molecule has 3 atom stereocenters. The zero-order valence-electron chi connectivity index (χ0n) is 10.2. The Balaban J connectivity index is 2.74. The fraction of sp³-hybridized carbons (Fsp3) is 1.00. The first-order valence-corrected chi connectivity index (χ1v) is 7.67. The van der Waals surface area contributed by atoms with E-state index in [1.54, 1.807) is 0 Å². The van der Waals surface area contributed by atoms with E-state index in [2.05, 4.69) is 19.2 Å². The van der Waals surface area contributed by atoms with Gasteiger partial charge in [-0.1, -0.05) is 13.8 Å². The molecular weight excluding hydrogens is 210 g/mol. The van der Waals surface area contributed by atoms with Crippen LogP contribution in [0, 0.1) is 11.8 Å². The molecule has 0 bridgehead atoms. The lowest BCUT2D eigenvalue weighted by atomic mass is 9.79. The van der Waals surface area contributed by atoms with Crippen LogP contribution in [0.25, 0.3) is 0 Å². The van der Waals surface area contributed by atoms with E-state index in [9.17, 15) is 8.42 Å². The second-order valence-corrected chi connectivity index (χ2v) is 7.34. The summed E-state index contributed by atoms with van der Waals surface area (Å²) in [5, 5.41) is 2.98. The third-order valence-corrected chi connectivity index (χ3v) is 5.36. The lowest BCUT2D eigenvalue weighted by Crippen LogP contribution is -2.47. The molecule has 90 valence electrons. The lowest BCUT2D eigenvalue weighted by molar-refractivity contribution is 0.240. The van der Waals surface area contributed by atoms with Crippen molar-refractivity contribution in [3.05, 3.63) is 0 Å². The molecule has 0 saturated heterocycles. The number of nitrogens with one attached hydrogen (secondary N) is 1. The smallest absolute Gasteiger partial charge is 0.151 e. The molecule has 1 aliphatic carbocycles. The van der Waals surface area contributed by atoms with Crippen molar-refractivity contribution in [2.24, 2.45) is 11.8 Å². The average molecular weight is 233 g/mol. The molecule has 0 aromatic rings. The van der Waals surface area contributed by atoms with Gasteiger partial charge in [0.2, 0.25) is 0 Å². The fourth-order valence-electron chi connectivity index (χ4n) is 2.60. The van der Waals surface area contributed by atoms with E-state index < -0.39 is 9.84 Å². The Morgan fingerprint density at radius 3 is 2.27 bits per heavy atom. The molecule has 0 aromatic carbocycles. The van der Waals surface area contributed by atoms with Crippen LogP contribution in [-0.4, -0.2) is 33.0 Å². The minimum Gasteiger partial charge on any atom is -0.316 e. The van der Waals surface area contributed by atoms with Crippen LogP contribution >= 0.6 is 0 Å². The molecule has 1 saturated carbocycles. The molecule has 15 heavy (non-hydrogen) atoms. The molecule has 1 rings (SSSR count). The van der Waals surface area contributed by atoms with E-state index in [0.29, 0.717) is 11.8 Å². The minimum atomic E-state index is -2.90. The van der Waals surface area contributed by atoms with Gasteiger partial charge in [0, 0.05) is 12.3 Å². The summed E-state index contributed by atoms with van der Waals surface area (Å²) in [6.45, 7) is 4.44. The molecule has 0 spiro atoms. The Bertz CT molecular complexity index is 298. The van der Waals surface area contributed by atoms with Gasteiger partial charge in [-0.2, -0.15) is 0 Å². The number of rotatable bonds is 3. The summed E-state index contributed by atoms with van der Waals surface area (Å²) in [6.07, 6.45) is 4.21. The minimum absolute atomic E-state index is 0.140. The standard InChI is InChI=1S/C11H23NO2S/c1-8(2)9-5-6-11(15(4,13)14)10(7-9)12-3/h8-12H,5-7H2,1-4H3. The third-order valence-electron chi connectivity index (χ3n) is 3.69. The molecule has 1 fully saturated rings. The third kappa shape index (κ3) is 3.18. The van der Waals surface area contributed by atoms with Crippen LogP contribution in [0.1, 0.15) is 33.1 Å². The summed E-state index contributed by atoms with van der Waals surface area (Å²) in [4.78, 5) is 0. The maximum absolute atomic E-state index is 11.6. The van der Waals surface area contributed by atoms with Gasteiger partial charge in [0.1, 0.15) is 0 Å². The lowest BCUT2D eigenvalue weighted by Gasteiger charge is -2.36.